The molecule has 7 nitrogen and oxygen atoms in total. The van der Waals surface area contributed by atoms with Crippen LogP contribution in [0, 0.1) is 5.92 Å². The summed E-state index contributed by atoms with van der Waals surface area (Å²) in [7, 11) is 0. The van der Waals surface area contributed by atoms with Gasteiger partial charge in [-0.2, -0.15) is 0 Å². The van der Waals surface area contributed by atoms with E-state index in [1.807, 2.05) is 13.8 Å². The summed E-state index contributed by atoms with van der Waals surface area (Å²) in [5.74, 6) is 0.431. The molecule has 4 N–H and O–H groups in total. The molecular weight excluding hydrogens is 364 g/mol. The first kappa shape index (κ1) is 19.0. The normalized spacial score (nSPS) is 30.4. The standard InChI is InChI=1S/C16H25ClN4O3S/c1-4-7-25-14-19-12(17)11(18)13(20-14)21-16-9(8-22)5-6-10(16)23-15(2,3)24-16/h9-10,22H,4-8,18H2,1-3H3,(H,19,20,21). The van der Waals surface area contributed by atoms with Crippen LogP contribution in [0.2, 0.25) is 5.15 Å². The zero-order valence-corrected chi connectivity index (χ0v) is 16.3. The van der Waals surface area contributed by atoms with Crippen LogP contribution in [0.25, 0.3) is 0 Å². The monoisotopic (exact) mass is 388 g/mol. The zero-order valence-electron chi connectivity index (χ0n) is 14.7. The summed E-state index contributed by atoms with van der Waals surface area (Å²) < 4.78 is 12.3. The molecule has 1 aliphatic heterocycles. The molecule has 0 spiro atoms. The molecule has 1 saturated heterocycles. The Morgan fingerprint density at radius 2 is 2.16 bits per heavy atom. The van der Waals surface area contributed by atoms with Crippen molar-refractivity contribution in [3.8, 4) is 0 Å². The molecule has 0 bridgehead atoms. The number of hydrogen-bond acceptors (Lipinski definition) is 8. The number of halogens is 1. The number of aromatic nitrogens is 2. The van der Waals surface area contributed by atoms with E-state index in [0.29, 0.717) is 11.0 Å². The van der Waals surface area contributed by atoms with Gasteiger partial charge in [0.2, 0.25) is 0 Å². The van der Waals surface area contributed by atoms with Gasteiger partial charge < -0.3 is 25.6 Å². The molecule has 0 radical (unpaired) electrons. The number of rotatable bonds is 6. The van der Waals surface area contributed by atoms with E-state index < -0.39 is 11.5 Å². The first-order chi connectivity index (χ1) is 11.8. The summed E-state index contributed by atoms with van der Waals surface area (Å²) in [5.41, 5.74) is 5.50. The minimum Gasteiger partial charge on any atom is -0.396 e. The SMILES string of the molecule is CCCSc1nc(Cl)c(N)c(NC23OC(C)(C)OC2CCC3CO)n1. The Labute approximate surface area is 157 Å². The lowest BCUT2D eigenvalue weighted by atomic mass is 9.99. The smallest absolute Gasteiger partial charge is 0.191 e. The van der Waals surface area contributed by atoms with Gasteiger partial charge in [-0.15, -0.1) is 0 Å². The summed E-state index contributed by atoms with van der Waals surface area (Å²) in [4.78, 5) is 8.75. The van der Waals surface area contributed by atoms with Gasteiger partial charge in [0.1, 0.15) is 11.8 Å². The van der Waals surface area contributed by atoms with E-state index in [0.717, 1.165) is 25.0 Å². The van der Waals surface area contributed by atoms with Gasteiger partial charge in [-0.05, 0) is 33.1 Å². The first-order valence-corrected chi connectivity index (χ1v) is 9.90. The third-order valence-corrected chi connectivity index (χ3v) is 5.89. The number of nitrogens with two attached hydrogens (primary N) is 1. The minimum atomic E-state index is -0.878. The molecule has 1 aliphatic carbocycles. The van der Waals surface area contributed by atoms with Crippen LogP contribution in [-0.2, 0) is 9.47 Å². The largest absolute Gasteiger partial charge is 0.396 e. The van der Waals surface area contributed by atoms with Crippen molar-refractivity contribution in [3.63, 3.8) is 0 Å². The number of fused-ring (bicyclic) bond motifs is 1. The average Bonchev–Trinajstić information content (AvgIpc) is 2.98. The second-order valence-electron chi connectivity index (χ2n) is 6.89. The van der Waals surface area contributed by atoms with E-state index in [1.165, 1.54) is 11.8 Å². The fourth-order valence-corrected chi connectivity index (χ4v) is 4.43. The third kappa shape index (κ3) is 3.55. The number of nitrogens with one attached hydrogen (secondary N) is 1. The summed E-state index contributed by atoms with van der Waals surface area (Å²) in [6, 6.07) is 0. The maximum absolute atomic E-state index is 9.85. The predicted molar refractivity (Wildman–Crippen MR) is 98.7 cm³/mol. The Hall–Kier alpha value is -0.800. The van der Waals surface area contributed by atoms with Gasteiger partial charge in [0.15, 0.2) is 27.6 Å². The van der Waals surface area contributed by atoms with Crippen molar-refractivity contribution in [1.29, 1.82) is 0 Å². The second-order valence-corrected chi connectivity index (χ2v) is 8.31. The lowest BCUT2D eigenvalue weighted by Crippen LogP contribution is -2.51. The highest BCUT2D eigenvalue weighted by Crippen LogP contribution is 2.50. The highest BCUT2D eigenvalue weighted by molar-refractivity contribution is 7.99. The van der Waals surface area contributed by atoms with Crippen molar-refractivity contribution in [1.82, 2.24) is 9.97 Å². The summed E-state index contributed by atoms with van der Waals surface area (Å²) in [5, 5.41) is 13.9. The summed E-state index contributed by atoms with van der Waals surface area (Å²) >= 11 is 7.72. The molecule has 0 amide bonds. The lowest BCUT2D eigenvalue weighted by molar-refractivity contribution is -0.174. The molecule has 140 valence electrons. The van der Waals surface area contributed by atoms with Crippen molar-refractivity contribution in [2.75, 3.05) is 23.4 Å². The van der Waals surface area contributed by atoms with Gasteiger partial charge >= 0.3 is 0 Å². The van der Waals surface area contributed by atoms with Crippen LogP contribution in [0.15, 0.2) is 5.16 Å². The molecule has 1 aromatic heterocycles. The molecule has 0 aromatic carbocycles. The topological polar surface area (TPSA) is 103 Å². The van der Waals surface area contributed by atoms with Gasteiger partial charge in [-0.25, -0.2) is 9.97 Å². The maximum atomic E-state index is 9.85. The first-order valence-electron chi connectivity index (χ1n) is 8.54. The Morgan fingerprint density at radius 3 is 2.84 bits per heavy atom. The predicted octanol–water partition coefficient (Wildman–Crippen LogP) is 2.88. The van der Waals surface area contributed by atoms with Crippen molar-refractivity contribution < 1.29 is 14.6 Å². The molecule has 3 unspecified atom stereocenters. The Balaban J connectivity index is 1.95. The van der Waals surface area contributed by atoms with Crippen molar-refractivity contribution in [2.24, 2.45) is 5.92 Å². The number of aliphatic hydroxyl groups is 1. The lowest BCUT2D eigenvalue weighted by Gasteiger charge is -2.35. The van der Waals surface area contributed by atoms with Gasteiger partial charge in [-0.3, -0.25) is 0 Å². The van der Waals surface area contributed by atoms with Gasteiger partial charge in [0.05, 0.1) is 6.61 Å². The van der Waals surface area contributed by atoms with Crippen molar-refractivity contribution in [2.45, 2.75) is 62.8 Å². The number of nitrogens with zero attached hydrogens (tertiary/aromatic N) is 2. The van der Waals surface area contributed by atoms with E-state index in [2.05, 4.69) is 22.2 Å². The number of aliphatic hydroxyl groups excluding tert-OH is 1. The molecular formula is C16H25ClN4O3S. The quantitative estimate of drug-likeness (QED) is 0.388. The van der Waals surface area contributed by atoms with Crippen LogP contribution in [0.3, 0.4) is 0 Å². The van der Waals surface area contributed by atoms with E-state index in [9.17, 15) is 5.11 Å². The highest BCUT2D eigenvalue weighted by atomic mass is 35.5. The maximum Gasteiger partial charge on any atom is 0.191 e. The van der Waals surface area contributed by atoms with Crippen LogP contribution >= 0.6 is 23.4 Å². The van der Waals surface area contributed by atoms with Gasteiger partial charge in [-0.1, -0.05) is 30.3 Å². The number of hydrogen-bond donors (Lipinski definition) is 3. The number of ether oxygens (including phenoxy) is 2. The highest BCUT2D eigenvalue weighted by Gasteiger charge is 2.61. The molecule has 2 aliphatic rings. The molecule has 1 saturated carbocycles. The van der Waals surface area contributed by atoms with E-state index in [4.69, 9.17) is 26.8 Å². The fourth-order valence-electron chi connectivity index (χ4n) is 3.51. The summed E-state index contributed by atoms with van der Waals surface area (Å²) in [6.07, 6.45) is 2.39. The molecule has 2 fully saturated rings. The van der Waals surface area contributed by atoms with Gasteiger partial charge in [0, 0.05) is 11.7 Å². The molecule has 9 heteroatoms. The van der Waals surface area contributed by atoms with Crippen molar-refractivity contribution >= 4 is 34.9 Å². The number of nitrogen functional groups attached to an aromatic ring is 1. The Bertz CT molecular complexity index is 648. The zero-order chi connectivity index (χ0) is 18.2. The van der Waals surface area contributed by atoms with E-state index in [1.54, 1.807) is 0 Å². The third-order valence-electron chi connectivity index (χ3n) is 4.55. The Kier molecular flexibility index (Phi) is 5.37. The molecule has 1 aromatic rings. The molecule has 3 rings (SSSR count). The van der Waals surface area contributed by atoms with Crippen molar-refractivity contribution in [3.05, 3.63) is 5.15 Å². The van der Waals surface area contributed by atoms with Crippen LogP contribution < -0.4 is 11.1 Å². The van der Waals surface area contributed by atoms with Crippen LogP contribution in [0.5, 0.6) is 0 Å². The molecule has 25 heavy (non-hydrogen) atoms. The van der Waals surface area contributed by atoms with E-state index in [-0.39, 0.29) is 29.5 Å². The summed E-state index contributed by atoms with van der Waals surface area (Å²) in [6.45, 7) is 5.80. The van der Waals surface area contributed by atoms with Crippen LogP contribution in [0.1, 0.15) is 40.0 Å². The van der Waals surface area contributed by atoms with Crippen LogP contribution in [0.4, 0.5) is 11.5 Å². The fraction of sp³-hybridized carbons (Fsp3) is 0.750. The Morgan fingerprint density at radius 1 is 1.40 bits per heavy atom. The minimum absolute atomic E-state index is 0.0148. The van der Waals surface area contributed by atoms with E-state index >= 15 is 0 Å². The average molecular weight is 389 g/mol. The second kappa shape index (κ2) is 7.08. The number of thioether (sulfide) groups is 1. The van der Waals surface area contributed by atoms with Gasteiger partial charge in [0.25, 0.3) is 0 Å². The molecule has 3 atom stereocenters. The molecule has 2 heterocycles. The van der Waals surface area contributed by atoms with Crippen LogP contribution in [-0.4, -0.2) is 45.1 Å². The number of anilines is 2.